The lowest BCUT2D eigenvalue weighted by Gasteiger charge is -2.32. The number of aliphatic hydroxyl groups excluding tert-OH is 1. The van der Waals surface area contributed by atoms with Crippen molar-refractivity contribution < 1.29 is 14.6 Å². The average Bonchev–Trinajstić information content (AvgIpc) is 2.47. The van der Waals surface area contributed by atoms with Crippen LogP contribution < -0.4 is 0 Å². The number of carbonyl (C=O) groups excluding carboxylic acids is 1. The van der Waals surface area contributed by atoms with Crippen LogP contribution in [0.15, 0.2) is 22.7 Å². The van der Waals surface area contributed by atoms with Gasteiger partial charge in [-0.05, 0) is 31.0 Å². The van der Waals surface area contributed by atoms with Gasteiger partial charge < -0.3 is 14.7 Å². The first-order chi connectivity index (χ1) is 9.61. The van der Waals surface area contributed by atoms with Gasteiger partial charge in [-0.15, -0.1) is 0 Å². The SMILES string of the molecule is O=C(c1cc(Br)ccc1Cl)N1CCC(OCCO)CC1. The zero-order valence-corrected chi connectivity index (χ0v) is 13.4. The van der Waals surface area contributed by atoms with Gasteiger partial charge in [-0.1, -0.05) is 27.5 Å². The zero-order chi connectivity index (χ0) is 14.5. The first kappa shape index (κ1) is 15.8. The van der Waals surface area contributed by atoms with E-state index in [2.05, 4.69) is 15.9 Å². The predicted molar refractivity (Wildman–Crippen MR) is 81.1 cm³/mol. The Hall–Kier alpha value is -0.620. The molecule has 6 heteroatoms. The fourth-order valence-electron chi connectivity index (χ4n) is 2.28. The second-order valence-corrected chi connectivity index (χ2v) is 6.03. The second-order valence-electron chi connectivity index (χ2n) is 4.71. The van der Waals surface area contributed by atoms with E-state index in [4.69, 9.17) is 21.4 Å². The third-order valence-corrected chi connectivity index (χ3v) is 4.16. The molecule has 0 bridgehead atoms. The molecular weight excluding hydrogens is 346 g/mol. The fraction of sp³-hybridized carbons (Fsp3) is 0.500. The third kappa shape index (κ3) is 3.95. The van der Waals surface area contributed by atoms with Crippen LogP contribution in [0.1, 0.15) is 23.2 Å². The smallest absolute Gasteiger partial charge is 0.255 e. The minimum atomic E-state index is -0.0445. The van der Waals surface area contributed by atoms with Gasteiger partial charge in [-0.3, -0.25) is 4.79 Å². The molecule has 4 nitrogen and oxygen atoms in total. The maximum Gasteiger partial charge on any atom is 0.255 e. The monoisotopic (exact) mass is 361 g/mol. The van der Waals surface area contributed by atoms with Gasteiger partial charge in [-0.2, -0.15) is 0 Å². The van der Waals surface area contributed by atoms with Crippen molar-refractivity contribution in [2.75, 3.05) is 26.3 Å². The van der Waals surface area contributed by atoms with Crippen LogP contribution in [-0.2, 0) is 4.74 Å². The minimum Gasteiger partial charge on any atom is -0.394 e. The lowest BCUT2D eigenvalue weighted by Crippen LogP contribution is -2.41. The maximum atomic E-state index is 12.4. The van der Waals surface area contributed by atoms with Crippen LogP contribution >= 0.6 is 27.5 Å². The van der Waals surface area contributed by atoms with Crippen LogP contribution in [0.5, 0.6) is 0 Å². The molecule has 0 saturated carbocycles. The summed E-state index contributed by atoms with van der Waals surface area (Å²) in [6.07, 6.45) is 1.71. The molecule has 110 valence electrons. The number of hydrogen-bond donors (Lipinski definition) is 1. The van der Waals surface area contributed by atoms with Crippen molar-refractivity contribution >= 4 is 33.4 Å². The quantitative estimate of drug-likeness (QED) is 0.896. The van der Waals surface area contributed by atoms with Crippen molar-refractivity contribution in [1.29, 1.82) is 0 Å². The molecular formula is C14H17BrClNO3. The second kappa shape index (κ2) is 7.41. The summed E-state index contributed by atoms with van der Waals surface area (Å²) >= 11 is 9.44. The van der Waals surface area contributed by atoms with Gasteiger partial charge in [0.15, 0.2) is 0 Å². The fourth-order valence-corrected chi connectivity index (χ4v) is 2.84. The summed E-state index contributed by atoms with van der Waals surface area (Å²) < 4.78 is 6.33. The number of nitrogens with zero attached hydrogens (tertiary/aromatic N) is 1. The van der Waals surface area contributed by atoms with Crippen LogP contribution in [-0.4, -0.2) is 48.3 Å². The van der Waals surface area contributed by atoms with Gasteiger partial charge in [-0.25, -0.2) is 0 Å². The summed E-state index contributed by atoms with van der Waals surface area (Å²) in [6, 6.07) is 5.28. The highest BCUT2D eigenvalue weighted by molar-refractivity contribution is 9.10. The summed E-state index contributed by atoms with van der Waals surface area (Å²) in [5, 5.41) is 9.20. The molecule has 1 amide bonds. The van der Waals surface area contributed by atoms with Crippen LogP contribution in [0.25, 0.3) is 0 Å². The molecule has 0 spiro atoms. The van der Waals surface area contributed by atoms with E-state index in [1.54, 1.807) is 17.0 Å². The number of halogens is 2. The number of piperidine rings is 1. The number of rotatable bonds is 4. The minimum absolute atomic E-state index is 0.0345. The highest BCUT2D eigenvalue weighted by Gasteiger charge is 2.25. The summed E-state index contributed by atoms with van der Waals surface area (Å²) in [7, 11) is 0. The molecule has 0 unspecified atom stereocenters. The van der Waals surface area contributed by atoms with Crippen molar-refractivity contribution in [3.63, 3.8) is 0 Å². The summed E-state index contributed by atoms with van der Waals surface area (Å²) in [5.41, 5.74) is 0.524. The van der Waals surface area contributed by atoms with Crippen molar-refractivity contribution in [3.05, 3.63) is 33.3 Å². The summed E-state index contributed by atoms with van der Waals surface area (Å²) in [4.78, 5) is 14.2. The van der Waals surface area contributed by atoms with Gasteiger partial charge in [0.1, 0.15) is 0 Å². The normalized spacial score (nSPS) is 16.4. The number of benzene rings is 1. The van der Waals surface area contributed by atoms with Crippen molar-refractivity contribution in [3.8, 4) is 0 Å². The standard InChI is InChI=1S/C14H17BrClNO3/c15-10-1-2-13(16)12(9-10)14(19)17-5-3-11(4-6-17)20-8-7-18/h1-2,9,11,18H,3-8H2. The van der Waals surface area contributed by atoms with Crippen molar-refractivity contribution in [2.45, 2.75) is 18.9 Å². The molecule has 1 aromatic rings. The number of amides is 1. The van der Waals surface area contributed by atoms with E-state index in [1.165, 1.54) is 0 Å². The molecule has 1 heterocycles. The largest absolute Gasteiger partial charge is 0.394 e. The van der Waals surface area contributed by atoms with E-state index in [0.29, 0.717) is 30.3 Å². The Balaban J connectivity index is 1.96. The predicted octanol–water partition coefficient (Wildman–Crippen LogP) is 2.72. The van der Waals surface area contributed by atoms with Crippen LogP contribution in [0, 0.1) is 0 Å². The summed E-state index contributed by atoms with van der Waals surface area (Å²) in [5.74, 6) is -0.0445. The van der Waals surface area contributed by atoms with Crippen LogP contribution in [0.2, 0.25) is 5.02 Å². The lowest BCUT2D eigenvalue weighted by atomic mass is 10.1. The summed E-state index contributed by atoms with van der Waals surface area (Å²) in [6.45, 7) is 1.69. The van der Waals surface area contributed by atoms with E-state index in [-0.39, 0.29) is 18.6 Å². The molecule has 1 aliphatic heterocycles. The van der Waals surface area contributed by atoms with E-state index < -0.39 is 0 Å². The molecule has 1 saturated heterocycles. The van der Waals surface area contributed by atoms with Crippen molar-refractivity contribution in [1.82, 2.24) is 4.90 Å². The number of carbonyl (C=O) groups is 1. The molecule has 2 rings (SSSR count). The molecule has 0 atom stereocenters. The number of hydrogen-bond acceptors (Lipinski definition) is 3. The Bertz CT molecular complexity index is 475. The Morgan fingerprint density at radius 1 is 1.45 bits per heavy atom. The lowest BCUT2D eigenvalue weighted by molar-refractivity contribution is -0.00553. The van der Waals surface area contributed by atoms with Crippen LogP contribution in [0.3, 0.4) is 0 Å². The Kier molecular flexibility index (Phi) is 5.84. The Morgan fingerprint density at radius 2 is 2.15 bits per heavy atom. The zero-order valence-electron chi connectivity index (χ0n) is 11.0. The van der Waals surface area contributed by atoms with Crippen molar-refractivity contribution in [2.24, 2.45) is 0 Å². The maximum absolute atomic E-state index is 12.4. The molecule has 1 N–H and O–H groups in total. The Morgan fingerprint density at radius 3 is 2.80 bits per heavy atom. The van der Waals surface area contributed by atoms with E-state index in [0.717, 1.165) is 17.3 Å². The van der Waals surface area contributed by atoms with E-state index in [1.807, 2.05) is 6.07 Å². The van der Waals surface area contributed by atoms with Gasteiger partial charge in [0, 0.05) is 17.6 Å². The highest BCUT2D eigenvalue weighted by atomic mass is 79.9. The third-order valence-electron chi connectivity index (χ3n) is 3.33. The average molecular weight is 363 g/mol. The molecule has 1 aliphatic rings. The first-order valence-electron chi connectivity index (χ1n) is 6.58. The molecule has 20 heavy (non-hydrogen) atoms. The van der Waals surface area contributed by atoms with Gasteiger partial charge >= 0.3 is 0 Å². The molecule has 0 aromatic heterocycles. The number of ether oxygens (including phenoxy) is 1. The molecule has 0 aliphatic carbocycles. The number of likely N-dealkylation sites (tertiary alicyclic amines) is 1. The molecule has 0 radical (unpaired) electrons. The first-order valence-corrected chi connectivity index (χ1v) is 7.75. The van der Waals surface area contributed by atoms with Crippen LogP contribution in [0.4, 0.5) is 0 Å². The Labute approximate surface area is 131 Å². The van der Waals surface area contributed by atoms with Gasteiger partial charge in [0.2, 0.25) is 0 Å². The molecule has 1 fully saturated rings. The topological polar surface area (TPSA) is 49.8 Å². The van der Waals surface area contributed by atoms with Gasteiger partial charge in [0.25, 0.3) is 5.91 Å². The van der Waals surface area contributed by atoms with E-state index in [9.17, 15) is 4.79 Å². The van der Waals surface area contributed by atoms with Gasteiger partial charge in [0.05, 0.1) is 29.9 Å². The highest BCUT2D eigenvalue weighted by Crippen LogP contribution is 2.24. The van der Waals surface area contributed by atoms with E-state index >= 15 is 0 Å². The molecule has 1 aromatic carbocycles. The number of aliphatic hydroxyl groups is 1.